The van der Waals surface area contributed by atoms with Crippen LogP contribution in [0.15, 0.2) is 36.5 Å². The highest BCUT2D eigenvalue weighted by Crippen LogP contribution is 2.03. The lowest BCUT2D eigenvalue weighted by Gasteiger charge is -1.92. The Morgan fingerprint density at radius 2 is 1.00 bits per heavy atom. The molecule has 0 amide bonds. The molecule has 0 heteroatoms. The van der Waals surface area contributed by atoms with Gasteiger partial charge in [-0.25, -0.2) is 0 Å². The van der Waals surface area contributed by atoms with Crippen molar-refractivity contribution in [1.82, 2.24) is 0 Å². The molecule has 0 saturated heterocycles. The normalized spacial score (nSPS) is 25.3. The highest BCUT2D eigenvalue weighted by Gasteiger charge is 1.82. The Hall–Kier alpha value is -0.780. The van der Waals surface area contributed by atoms with Gasteiger partial charge in [0.05, 0.1) is 0 Å². The molecule has 0 atom stereocenters. The largest absolute Gasteiger partial charge is 0.0885 e. The van der Waals surface area contributed by atoms with Gasteiger partial charge in [0.15, 0.2) is 0 Å². The van der Waals surface area contributed by atoms with Crippen molar-refractivity contribution in [2.45, 2.75) is 38.5 Å². The molecule has 0 heterocycles. The van der Waals surface area contributed by atoms with E-state index < -0.39 is 0 Å². The van der Waals surface area contributed by atoms with Gasteiger partial charge in [0.1, 0.15) is 0 Å². The molecule has 0 N–H and O–H groups in total. The first-order valence-electron chi connectivity index (χ1n) is 4.95. The maximum absolute atomic E-state index is 2.31. The zero-order valence-corrected chi connectivity index (χ0v) is 7.71. The van der Waals surface area contributed by atoms with E-state index in [1.54, 1.807) is 0 Å². The summed E-state index contributed by atoms with van der Waals surface area (Å²) in [5.74, 6) is 0. The molecule has 0 unspecified atom stereocenters. The van der Waals surface area contributed by atoms with Gasteiger partial charge in [-0.15, -0.1) is 0 Å². The Bertz CT molecular complexity index is 172. The van der Waals surface area contributed by atoms with Crippen LogP contribution < -0.4 is 0 Å². The van der Waals surface area contributed by atoms with Gasteiger partial charge in [0, 0.05) is 0 Å². The molecule has 1 rings (SSSR count). The molecular formula is C12H18. The monoisotopic (exact) mass is 162 g/mol. The summed E-state index contributed by atoms with van der Waals surface area (Å²) in [7, 11) is 0. The molecule has 0 saturated carbocycles. The van der Waals surface area contributed by atoms with Crippen LogP contribution in [0.1, 0.15) is 38.5 Å². The smallest absolute Gasteiger partial charge is 0.0169 e. The van der Waals surface area contributed by atoms with Gasteiger partial charge in [-0.1, -0.05) is 36.5 Å². The van der Waals surface area contributed by atoms with Crippen LogP contribution in [0.2, 0.25) is 0 Å². The first-order chi connectivity index (χ1) is 6.00. The minimum Gasteiger partial charge on any atom is -0.0885 e. The van der Waals surface area contributed by atoms with Crippen LogP contribution in [0, 0.1) is 0 Å². The van der Waals surface area contributed by atoms with Crippen molar-refractivity contribution in [3.8, 4) is 0 Å². The van der Waals surface area contributed by atoms with E-state index in [4.69, 9.17) is 0 Å². The van der Waals surface area contributed by atoms with Crippen molar-refractivity contribution < 1.29 is 0 Å². The first kappa shape index (κ1) is 9.31. The molecule has 1 aliphatic carbocycles. The topological polar surface area (TPSA) is 0 Å². The summed E-state index contributed by atoms with van der Waals surface area (Å²) in [4.78, 5) is 0. The second kappa shape index (κ2) is 6.90. The van der Waals surface area contributed by atoms with Crippen molar-refractivity contribution in [3.05, 3.63) is 36.5 Å². The highest BCUT2D eigenvalue weighted by molar-refractivity contribution is 4.95. The highest BCUT2D eigenvalue weighted by atomic mass is 13.9. The molecule has 12 heavy (non-hydrogen) atoms. The second-order valence-corrected chi connectivity index (χ2v) is 3.16. The number of rotatable bonds is 0. The zero-order valence-electron chi connectivity index (χ0n) is 7.71. The van der Waals surface area contributed by atoms with Crippen LogP contribution in [0.3, 0.4) is 0 Å². The fourth-order valence-corrected chi connectivity index (χ4v) is 1.29. The summed E-state index contributed by atoms with van der Waals surface area (Å²) in [6.45, 7) is 0. The summed E-state index contributed by atoms with van der Waals surface area (Å²) in [6.07, 6.45) is 21.0. The van der Waals surface area contributed by atoms with Crippen LogP contribution in [-0.4, -0.2) is 0 Å². The molecule has 0 radical (unpaired) electrons. The molecule has 1 aliphatic rings. The Morgan fingerprint density at radius 1 is 0.500 bits per heavy atom. The van der Waals surface area contributed by atoms with Crippen LogP contribution in [0.25, 0.3) is 0 Å². The van der Waals surface area contributed by atoms with Crippen molar-refractivity contribution in [3.63, 3.8) is 0 Å². The summed E-state index contributed by atoms with van der Waals surface area (Å²) in [5.41, 5.74) is 0. The SMILES string of the molecule is C1=CCCC/C=C\C/C=C/CC1. The quantitative estimate of drug-likeness (QED) is 0.472. The van der Waals surface area contributed by atoms with Crippen LogP contribution in [0.5, 0.6) is 0 Å². The third kappa shape index (κ3) is 4.95. The third-order valence-corrected chi connectivity index (χ3v) is 2.01. The molecule has 0 fully saturated rings. The molecule has 0 aromatic heterocycles. The lowest BCUT2D eigenvalue weighted by molar-refractivity contribution is 0.859. The molecule has 66 valence electrons. The molecular weight excluding hydrogens is 144 g/mol. The molecule has 0 aromatic carbocycles. The summed E-state index contributed by atoms with van der Waals surface area (Å²) >= 11 is 0. The fourth-order valence-electron chi connectivity index (χ4n) is 1.29. The Labute approximate surface area is 75.7 Å². The maximum Gasteiger partial charge on any atom is -0.0169 e. The standard InChI is InChI=1S/C12H18/c1-2-4-6-8-10-12-11-9-7-5-3-1/h1-2,5,7-8,10H,3-4,6,9,11-12H2/b2-1+,7-5-,10-8?. The fraction of sp³-hybridized carbons (Fsp3) is 0.500. The lowest BCUT2D eigenvalue weighted by Crippen LogP contribution is -1.72. The van der Waals surface area contributed by atoms with E-state index in [1.807, 2.05) is 0 Å². The van der Waals surface area contributed by atoms with E-state index in [2.05, 4.69) is 36.5 Å². The van der Waals surface area contributed by atoms with E-state index in [0.717, 1.165) is 6.42 Å². The average Bonchev–Trinajstić information content (AvgIpc) is 2.05. The maximum atomic E-state index is 2.31. The first-order valence-corrected chi connectivity index (χ1v) is 4.95. The van der Waals surface area contributed by atoms with Crippen LogP contribution in [0.4, 0.5) is 0 Å². The van der Waals surface area contributed by atoms with E-state index in [1.165, 1.54) is 32.1 Å². The number of allylic oxidation sites excluding steroid dienone is 6. The second-order valence-electron chi connectivity index (χ2n) is 3.16. The summed E-state index contributed by atoms with van der Waals surface area (Å²) < 4.78 is 0. The van der Waals surface area contributed by atoms with Crippen molar-refractivity contribution >= 4 is 0 Å². The van der Waals surface area contributed by atoms with Gasteiger partial charge >= 0.3 is 0 Å². The molecule has 0 aromatic rings. The van der Waals surface area contributed by atoms with E-state index in [-0.39, 0.29) is 0 Å². The summed E-state index contributed by atoms with van der Waals surface area (Å²) in [6, 6.07) is 0. The minimum atomic E-state index is 1.11. The van der Waals surface area contributed by atoms with Crippen LogP contribution >= 0.6 is 0 Å². The Balaban J connectivity index is 2.30. The molecule has 0 nitrogen and oxygen atoms in total. The van der Waals surface area contributed by atoms with E-state index in [0.29, 0.717) is 0 Å². The number of hydrogen-bond donors (Lipinski definition) is 0. The van der Waals surface area contributed by atoms with Gasteiger partial charge in [-0.05, 0) is 38.5 Å². The van der Waals surface area contributed by atoms with Gasteiger partial charge in [0.25, 0.3) is 0 Å². The van der Waals surface area contributed by atoms with Gasteiger partial charge in [-0.3, -0.25) is 0 Å². The van der Waals surface area contributed by atoms with Crippen molar-refractivity contribution in [2.75, 3.05) is 0 Å². The predicted molar refractivity (Wildman–Crippen MR) is 55.1 cm³/mol. The molecule has 0 bridgehead atoms. The summed E-state index contributed by atoms with van der Waals surface area (Å²) in [5, 5.41) is 0. The minimum absolute atomic E-state index is 1.11. The van der Waals surface area contributed by atoms with Gasteiger partial charge in [-0.2, -0.15) is 0 Å². The predicted octanol–water partition coefficient (Wildman–Crippen LogP) is 4.01. The average molecular weight is 162 g/mol. The number of hydrogen-bond acceptors (Lipinski definition) is 0. The zero-order chi connectivity index (χ0) is 8.49. The molecule has 0 aliphatic heterocycles. The van der Waals surface area contributed by atoms with Crippen LogP contribution in [-0.2, 0) is 0 Å². The van der Waals surface area contributed by atoms with E-state index in [9.17, 15) is 0 Å². The van der Waals surface area contributed by atoms with Crippen molar-refractivity contribution in [2.24, 2.45) is 0 Å². The van der Waals surface area contributed by atoms with E-state index >= 15 is 0 Å². The van der Waals surface area contributed by atoms with Gasteiger partial charge in [0.2, 0.25) is 0 Å². The van der Waals surface area contributed by atoms with Gasteiger partial charge < -0.3 is 0 Å². The lowest BCUT2D eigenvalue weighted by atomic mass is 10.1. The Morgan fingerprint density at radius 3 is 1.75 bits per heavy atom. The Kier molecular flexibility index (Phi) is 5.35. The molecule has 0 spiro atoms. The van der Waals surface area contributed by atoms with Crippen molar-refractivity contribution in [1.29, 1.82) is 0 Å². The third-order valence-electron chi connectivity index (χ3n) is 2.01.